The number of imidazole rings is 1. The molecule has 0 unspecified atom stereocenters. The molecule has 0 spiro atoms. The summed E-state index contributed by atoms with van der Waals surface area (Å²) in [6.45, 7) is 1.30. The molecule has 4 rings (SSSR count). The van der Waals surface area contributed by atoms with Crippen LogP contribution in [0.25, 0.3) is 22.4 Å². The van der Waals surface area contributed by atoms with Crippen molar-refractivity contribution in [2.45, 2.75) is 31.8 Å². The van der Waals surface area contributed by atoms with Crippen molar-refractivity contribution in [2.75, 3.05) is 39.2 Å². The van der Waals surface area contributed by atoms with Crippen LogP contribution in [0.1, 0.15) is 36.0 Å². The van der Waals surface area contributed by atoms with E-state index in [1.54, 1.807) is 36.5 Å². The fourth-order valence-corrected chi connectivity index (χ4v) is 4.35. The van der Waals surface area contributed by atoms with E-state index in [4.69, 9.17) is 14.5 Å². The molecule has 34 heavy (non-hydrogen) atoms. The van der Waals surface area contributed by atoms with E-state index >= 15 is 0 Å². The summed E-state index contributed by atoms with van der Waals surface area (Å²) in [6, 6.07) is 7.24. The summed E-state index contributed by atoms with van der Waals surface area (Å²) in [7, 11) is 5.15. The second kappa shape index (κ2) is 10.8. The monoisotopic (exact) mass is 465 g/mol. The summed E-state index contributed by atoms with van der Waals surface area (Å²) in [5.41, 5.74) is 3.20. The maximum Gasteiger partial charge on any atom is 0.255 e. The van der Waals surface area contributed by atoms with Gasteiger partial charge in [-0.3, -0.25) is 14.6 Å². The van der Waals surface area contributed by atoms with Gasteiger partial charge in [0.25, 0.3) is 5.91 Å². The van der Waals surface area contributed by atoms with Gasteiger partial charge in [0.1, 0.15) is 12.4 Å². The van der Waals surface area contributed by atoms with Gasteiger partial charge in [-0.2, -0.15) is 0 Å². The highest BCUT2D eigenvalue weighted by Crippen LogP contribution is 2.30. The lowest BCUT2D eigenvalue weighted by molar-refractivity contribution is -0.119. The van der Waals surface area contributed by atoms with Crippen LogP contribution in [-0.4, -0.2) is 71.3 Å². The Bertz CT molecular complexity index is 1160. The molecule has 1 aromatic carbocycles. The molecule has 1 aliphatic rings. The summed E-state index contributed by atoms with van der Waals surface area (Å²) in [5.74, 6) is 0.284. The molecule has 0 bridgehead atoms. The molecular formula is C25H31N5O4. The number of carbonyl (C=O) groups is 2. The highest BCUT2D eigenvalue weighted by atomic mass is 16.5. The van der Waals surface area contributed by atoms with E-state index < -0.39 is 0 Å². The molecule has 3 aromatic rings. The molecule has 180 valence electrons. The number of aromatic nitrogens is 3. The van der Waals surface area contributed by atoms with E-state index in [1.807, 2.05) is 23.7 Å². The fourth-order valence-electron chi connectivity index (χ4n) is 4.35. The van der Waals surface area contributed by atoms with E-state index in [0.717, 1.165) is 31.4 Å². The number of ether oxygens (including phenoxy) is 2. The van der Waals surface area contributed by atoms with Crippen LogP contribution in [0.15, 0.2) is 36.7 Å². The number of methoxy groups -OCH3 is 1. The summed E-state index contributed by atoms with van der Waals surface area (Å²) < 4.78 is 12.7. The Morgan fingerprint density at radius 2 is 2.06 bits per heavy atom. The van der Waals surface area contributed by atoms with Gasteiger partial charge in [-0.15, -0.1) is 0 Å². The van der Waals surface area contributed by atoms with Crippen LogP contribution in [-0.2, 0) is 21.3 Å². The second-order valence-electron chi connectivity index (χ2n) is 8.61. The Balaban J connectivity index is 1.69. The molecule has 0 radical (unpaired) electrons. The van der Waals surface area contributed by atoms with E-state index in [2.05, 4.69) is 10.3 Å². The standard InChI is InChI=1S/C25H31N5O4/c1-29(12-9-19-6-4-5-13-34-19)25(32)20-14-18(27-22(31)16-33-3)15-21-23(20)30(2)24(28-21)17-7-10-26-11-8-17/h7-8,10-11,14-15,19H,4-6,9,12-13,16H2,1-3H3,(H,27,31)/t19-/m0/s1. The number of carbonyl (C=O) groups excluding carboxylic acids is 2. The van der Waals surface area contributed by atoms with Gasteiger partial charge in [0.2, 0.25) is 5.91 Å². The number of nitrogens with zero attached hydrogens (tertiary/aromatic N) is 4. The predicted molar refractivity (Wildman–Crippen MR) is 130 cm³/mol. The molecule has 3 heterocycles. The van der Waals surface area contributed by atoms with Crippen molar-refractivity contribution in [3.05, 3.63) is 42.2 Å². The minimum atomic E-state index is -0.298. The molecule has 9 nitrogen and oxygen atoms in total. The Kier molecular flexibility index (Phi) is 7.54. The molecule has 0 aliphatic carbocycles. The Morgan fingerprint density at radius 3 is 2.76 bits per heavy atom. The van der Waals surface area contributed by atoms with E-state index in [9.17, 15) is 9.59 Å². The van der Waals surface area contributed by atoms with Crippen molar-refractivity contribution in [1.82, 2.24) is 19.4 Å². The highest BCUT2D eigenvalue weighted by molar-refractivity contribution is 6.08. The lowest BCUT2D eigenvalue weighted by Crippen LogP contribution is -2.32. The fraction of sp³-hybridized carbons (Fsp3) is 0.440. The van der Waals surface area contributed by atoms with Crippen molar-refractivity contribution in [1.29, 1.82) is 0 Å². The van der Waals surface area contributed by atoms with Crippen LogP contribution in [0.3, 0.4) is 0 Å². The van der Waals surface area contributed by atoms with Crippen molar-refractivity contribution >= 4 is 28.5 Å². The van der Waals surface area contributed by atoms with Crippen LogP contribution < -0.4 is 5.32 Å². The van der Waals surface area contributed by atoms with E-state index in [-0.39, 0.29) is 24.5 Å². The lowest BCUT2D eigenvalue weighted by Gasteiger charge is -2.25. The first kappa shape index (κ1) is 23.8. The third kappa shape index (κ3) is 5.26. The third-order valence-electron chi connectivity index (χ3n) is 6.10. The molecule has 1 saturated heterocycles. The number of pyridine rings is 1. The van der Waals surface area contributed by atoms with Crippen molar-refractivity contribution < 1.29 is 19.1 Å². The topological polar surface area (TPSA) is 98.6 Å². The van der Waals surface area contributed by atoms with Crippen LogP contribution in [0.5, 0.6) is 0 Å². The SMILES string of the molecule is COCC(=O)Nc1cc(C(=O)N(C)CC[C@@H]2CCCCO2)c2c(c1)nc(-c1ccncc1)n2C. The maximum atomic E-state index is 13.6. The summed E-state index contributed by atoms with van der Waals surface area (Å²) in [5, 5.41) is 2.81. The van der Waals surface area contributed by atoms with Crippen molar-refractivity contribution in [3.8, 4) is 11.4 Å². The number of benzene rings is 1. The van der Waals surface area contributed by atoms with Gasteiger partial charge in [0, 0.05) is 58.0 Å². The van der Waals surface area contributed by atoms with Crippen molar-refractivity contribution in [2.24, 2.45) is 7.05 Å². The maximum absolute atomic E-state index is 13.6. The number of aryl methyl sites for hydroxylation is 1. The molecular weight excluding hydrogens is 434 g/mol. The molecule has 0 saturated carbocycles. The minimum Gasteiger partial charge on any atom is -0.378 e. The first-order chi connectivity index (χ1) is 16.5. The van der Waals surface area contributed by atoms with Crippen LogP contribution in [0.2, 0.25) is 0 Å². The Hall–Kier alpha value is -3.30. The molecule has 1 atom stereocenters. The Labute approximate surface area is 199 Å². The molecule has 1 N–H and O–H groups in total. The largest absolute Gasteiger partial charge is 0.378 e. The van der Waals surface area contributed by atoms with E-state index in [1.165, 1.54) is 13.5 Å². The van der Waals surface area contributed by atoms with Gasteiger partial charge in [-0.25, -0.2) is 4.98 Å². The van der Waals surface area contributed by atoms with Gasteiger partial charge in [-0.05, 0) is 49.9 Å². The molecule has 2 aromatic heterocycles. The highest BCUT2D eigenvalue weighted by Gasteiger charge is 2.23. The zero-order valence-electron chi connectivity index (χ0n) is 19.9. The average Bonchev–Trinajstić information content (AvgIpc) is 3.19. The quantitative estimate of drug-likeness (QED) is 0.548. The predicted octanol–water partition coefficient (Wildman–Crippen LogP) is 3.25. The van der Waals surface area contributed by atoms with Gasteiger partial charge in [-0.1, -0.05) is 0 Å². The van der Waals surface area contributed by atoms with Gasteiger partial charge in [0.05, 0.1) is 22.7 Å². The number of amides is 2. The molecule has 9 heteroatoms. The normalized spacial score (nSPS) is 15.9. The number of hydrogen-bond acceptors (Lipinski definition) is 6. The zero-order chi connectivity index (χ0) is 24.1. The third-order valence-corrected chi connectivity index (χ3v) is 6.10. The van der Waals surface area contributed by atoms with Gasteiger partial charge < -0.3 is 24.3 Å². The number of rotatable bonds is 8. The van der Waals surface area contributed by atoms with Crippen LogP contribution >= 0.6 is 0 Å². The summed E-state index contributed by atoms with van der Waals surface area (Å²) in [4.78, 5) is 36.3. The first-order valence-corrected chi connectivity index (χ1v) is 11.5. The summed E-state index contributed by atoms with van der Waals surface area (Å²) in [6.07, 6.45) is 7.70. The van der Waals surface area contributed by atoms with Crippen LogP contribution in [0, 0.1) is 0 Å². The molecule has 1 aliphatic heterocycles. The molecule has 2 amide bonds. The smallest absolute Gasteiger partial charge is 0.255 e. The second-order valence-corrected chi connectivity index (χ2v) is 8.61. The zero-order valence-corrected chi connectivity index (χ0v) is 19.9. The first-order valence-electron chi connectivity index (χ1n) is 11.5. The summed E-state index contributed by atoms with van der Waals surface area (Å²) >= 11 is 0. The van der Waals surface area contributed by atoms with E-state index in [0.29, 0.717) is 34.7 Å². The van der Waals surface area contributed by atoms with Crippen LogP contribution in [0.4, 0.5) is 5.69 Å². The van der Waals surface area contributed by atoms with Gasteiger partial charge in [0.15, 0.2) is 0 Å². The minimum absolute atomic E-state index is 0.0763. The number of hydrogen-bond donors (Lipinski definition) is 1. The van der Waals surface area contributed by atoms with Gasteiger partial charge >= 0.3 is 0 Å². The average molecular weight is 466 g/mol. The molecule has 1 fully saturated rings. The Morgan fingerprint density at radius 1 is 1.26 bits per heavy atom. The lowest BCUT2D eigenvalue weighted by atomic mass is 10.1. The number of fused-ring (bicyclic) bond motifs is 1. The number of nitrogens with one attached hydrogen (secondary N) is 1. The van der Waals surface area contributed by atoms with Crippen molar-refractivity contribution in [3.63, 3.8) is 0 Å². The number of anilines is 1.